The van der Waals surface area contributed by atoms with E-state index in [0.717, 1.165) is 11.8 Å². The number of hydrogen-bond acceptors (Lipinski definition) is 5. The number of sulfonamides is 1. The molecule has 0 aromatic heterocycles. The lowest BCUT2D eigenvalue weighted by Crippen LogP contribution is -2.32. The zero-order valence-corrected chi connectivity index (χ0v) is 17.0. The summed E-state index contributed by atoms with van der Waals surface area (Å²) in [6.45, 7) is 3.52. The van der Waals surface area contributed by atoms with Gasteiger partial charge in [-0.3, -0.25) is 9.52 Å². The lowest BCUT2D eigenvalue weighted by molar-refractivity contribution is -0.116. The summed E-state index contributed by atoms with van der Waals surface area (Å²) in [5, 5.41) is 6.43. The van der Waals surface area contributed by atoms with Gasteiger partial charge in [-0.15, -0.1) is 0 Å². The molecular formula is C18H22ClN3O4S. The third-order valence-electron chi connectivity index (χ3n) is 3.80. The molecule has 146 valence electrons. The predicted octanol–water partition coefficient (Wildman–Crippen LogP) is 3.47. The molecule has 27 heavy (non-hydrogen) atoms. The zero-order chi connectivity index (χ0) is 20.2. The van der Waals surface area contributed by atoms with Gasteiger partial charge in [0.15, 0.2) is 0 Å². The molecule has 1 amide bonds. The van der Waals surface area contributed by atoms with Gasteiger partial charge in [-0.25, -0.2) is 8.42 Å². The zero-order valence-electron chi connectivity index (χ0n) is 15.5. The number of rotatable bonds is 7. The van der Waals surface area contributed by atoms with E-state index in [9.17, 15) is 13.2 Å². The lowest BCUT2D eigenvalue weighted by atomic mass is 10.2. The molecule has 0 fully saturated rings. The molecule has 0 radical (unpaired) electrons. The smallest absolute Gasteiger partial charge is 0.246 e. The molecule has 0 bridgehead atoms. The fourth-order valence-corrected chi connectivity index (χ4v) is 3.11. The van der Waals surface area contributed by atoms with Crippen molar-refractivity contribution in [3.63, 3.8) is 0 Å². The van der Waals surface area contributed by atoms with Gasteiger partial charge in [0.1, 0.15) is 11.8 Å². The minimum absolute atomic E-state index is 0.256. The first-order chi connectivity index (χ1) is 12.6. The highest BCUT2D eigenvalue weighted by atomic mass is 35.5. The van der Waals surface area contributed by atoms with Crippen LogP contribution in [0.1, 0.15) is 12.5 Å². The van der Waals surface area contributed by atoms with Crippen LogP contribution in [0.5, 0.6) is 5.75 Å². The topological polar surface area (TPSA) is 96.5 Å². The highest BCUT2D eigenvalue weighted by molar-refractivity contribution is 7.92. The number of hydrogen-bond donors (Lipinski definition) is 3. The number of ether oxygens (including phenoxy) is 1. The Morgan fingerprint density at radius 2 is 1.89 bits per heavy atom. The normalized spacial score (nSPS) is 12.2. The number of carbonyl (C=O) groups is 1. The number of amides is 1. The van der Waals surface area contributed by atoms with Gasteiger partial charge >= 0.3 is 0 Å². The third-order valence-corrected chi connectivity index (χ3v) is 4.80. The summed E-state index contributed by atoms with van der Waals surface area (Å²) >= 11 is 6.07. The fourth-order valence-electron chi connectivity index (χ4n) is 2.38. The van der Waals surface area contributed by atoms with Crippen LogP contribution >= 0.6 is 11.6 Å². The third kappa shape index (κ3) is 5.77. The van der Waals surface area contributed by atoms with E-state index >= 15 is 0 Å². The Morgan fingerprint density at radius 1 is 1.19 bits per heavy atom. The molecule has 0 heterocycles. The summed E-state index contributed by atoms with van der Waals surface area (Å²) in [6.07, 6.45) is 1.05. The molecular weight excluding hydrogens is 390 g/mol. The average molecular weight is 412 g/mol. The average Bonchev–Trinajstić information content (AvgIpc) is 2.57. The molecule has 0 aliphatic rings. The molecule has 0 aliphatic heterocycles. The SMILES string of the molecule is COc1ccc(NC(C)C(=O)Nc2cccc(Cl)c2C)cc1NS(C)(=O)=O. The summed E-state index contributed by atoms with van der Waals surface area (Å²) < 4.78 is 30.6. The summed E-state index contributed by atoms with van der Waals surface area (Å²) in [7, 11) is -2.03. The van der Waals surface area contributed by atoms with E-state index in [0.29, 0.717) is 22.1 Å². The minimum Gasteiger partial charge on any atom is -0.495 e. The standard InChI is InChI=1S/C18H22ClN3O4S/c1-11-14(19)6-5-7-15(11)21-18(23)12(2)20-13-8-9-17(26-3)16(10-13)22-27(4,24)25/h5-10,12,20,22H,1-4H3,(H,21,23). The highest BCUT2D eigenvalue weighted by Gasteiger charge is 2.16. The highest BCUT2D eigenvalue weighted by Crippen LogP contribution is 2.29. The minimum atomic E-state index is -3.47. The number of halogens is 1. The Labute approximate surface area is 164 Å². The quantitative estimate of drug-likeness (QED) is 0.648. The van der Waals surface area contributed by atoms with Crippen LogP contribution in [0.15, 0.2) is 36.4 Å². The van der Waals surface area contributed by atoms with Crippen molar-refractivity contribution in [1.82, 2.24) is 0 Å². The maximum absolute atomic E-state index is 12.5. The molecule has 2 rings (SSSR count). The Balaban J connectivity index is 2.14. The van der Waals surface area contributed by atoms with Gasteiger partial charge < -0.3 is 15.4 Å². The molecule has 7 nitrogen and oxygen atoms in total. The molecule has 2 aromatic rings. The summed E-state index contributed by atoms with van der Waals surface area (Å²) in [4.78, 5) is 12.5. The van der Waals surface area contributed by atoms with Crippen LogP contribution in [0.2, 0.25) is 5.02 Å². The van der Waals surface area contributed by atoms with Crippen molar-refractivity contribution in [2.24, 2.45) is 0 Å². The van der Waals surface area contributed by atoms with Gasteiger partial charge in [0.2, 0.25) is 15.9 Å². The van der Waals surface area contributed by atoms with E-state index in [-0.39, 0.29) is 11.6 Å². The number of carbonyl (C=O) groups excluding carboxylic acids is 1. The van der Waals surface area contributed by atoms with Gasteiger partial charge in [-0.2, -0.15) is 0 Å². The van der Waals surface area contributed by atoms with Gasteiger partial charge in [-0.05, 0) is 49.7 Å². The molecule has 0 saturated heterocycles. The summed E-state index contributed by atoms with van der Waals surface area (Å²) in [6, 6.07) is 9.57. The van der Waals surface area contributed by atoms with Gasteiger partial charge in [0, 0.05) is 16.4 Å². The van der Waals surface area contributed by atoms with Crippen molar-refractivity contribution in [2.45, 2.75) is 19.9 Å². The van der Waals surface area contributed by atoms with Crippen LogP contribution < -0.4 is 20.1 Å². The first-order valence-electron chi connectivity index (χ1n) is 8.09. The van der Waals surface area contributed by atoms with E-state index in [1.54, 1.807) is 43.3 Å². The van der Waals surface area contributed by atoms with Crippen molar-refractivity contribution in [3.8, 4) is 5.75 Å². The van der Waals surface area contributed by atoms with E-state index < -0.39 is 16.1 Å². The number of anilines is 3. The van der Waals surface area contributed by atoms with E-state index in [1.807, 2.05) is 6.92 Å². The number of methoxy groups -OCH3 is 1. The van der Waals surface area contributed by atoms with Crippen molar-refractivity contribution < 1.29 is 17.9 Å². The second-order valence-electron chi connectivity index (χ2n) is 6.06. The maximum Gasteiger partial charge on any atom is 0.246 e. The fraction of sp³-hybridized carbons (Fsp3) is 0.278. The second-order valence-corrected chi connectivity index (χ2v) is 8.21. The molecule has 9 heteroatoms. The van der Waals surface area contributed by atoms with Crippen molar-refractivity contribution in [1.29, 1.82) is 0 Å². The van der Waals surface area contributed by atoms with Crippen molar-refractivity contribution in [2.75, 3.05) is 28.7 Å². The summed E-state index contributed by atoms with van der Waals surface area (Å²) in [5.74, 6) is 0.117. The largest absolute Gasteiger partial charge is 0.495 e. The monoisotopic (exact) mass is 411 g/mol. The van der Waals surface area contributed by atoms with Crippen molar-refractivity contribution >= 4 is 44.6 Å². The molecule has 1 unspecified atom stereocenters. The lowest BCUT2D eigenvalue weighted by Gasteiger charge is -2.18. The first kappa shape index (κ1) is 20.9. The number of nitrogens with one attached hydrogen (secondary N) is 3. The molecule has 1 atom stereocenters. The Kier molecular flexibility index (Phi) is 6.56. The summed E-state index contributed by atoms with van der Waals surface area (Å²) in [5.41, 5.74) is 2.26. The molecule has 0 saturated carbocycles. The van der Waals surface area contributed by atoms with E-state index in [2.05, 4.69) is 15.4 Å². The van der Waals surface area contributed by atoms with Gasteiger partial charge in [0.05, 0.1) is 19.1 Å². The Hall–Kier alpha value is -2.45. The van der Waals surface area contributed by atoms with Crippen LogP contribution in [-0.2, 0) is 14.8 Å². The molecule has 0 spiro atoms. The molecule has 2 aromatic carbocycles. The van der Waals surface area contributed by atoms with Crippen LogP contribution in [0.25, 0.3) is 0 Å². The Morgan fingerprint density at radius 3 is 2.52 bits per heavy atom. The second kappa shape index (κ2) is 8.49. The Bertz CT molecular complexity index is 948. The van der Waals surface area contributed by atoms with Gasteiger partial charge in [0.25, 0.3) is 0 Å². The van der Waals surface area contributed by atoms with Crippen LogP contribution in [0.4, 0.5) is 17.1 Å². The maximum atomic E-state index is 12.5. The van der Waals surface area contributed by atoms with Crippen molar-refractivity contribution in [3.05, 3.63) is 47.0 Å². The molecule has 0 aliphatic carbocycles. The van der Waals surface area contributed by atoms with Crippen LogP contribution in [0.3, 0.4) is 0 Å². The molecule has 3 N–H and O–H groups in total. The van der Waals surface area contributed by atoms with Gasteiger partial charge in [-0.1, -0.05) is 17.7 Å². The van der Waals surface area contributed by atoms with E-state index in [4.69, 9.17) is 16.3 Å². The first-order valence-corrected chi connectivity index (χ1v) is 10.4. The van der Waals surface area contributed by atoms with Crippen LogP contribution in [0, 0.1) is 6.92 Å². The van der Waals surface area contributed by atoms with E-state index in [1.165, 1.54) is 7.11 Å². The number of benzene rings is 2. The van der Waals surface area contributed by atoms with Crippen LogP contribution in [-0.4, -0.2) is 33.7 Å². The predicted molar refractivity (Wildman–Crippen MR) is 109 cm³/mol.